The van der Waals surface area contributed by atoms with E-state index in [1.165, 1.54) is 57.1 Å². The van der Waals surface area contributed by atoms with Crippen LogP contribution in [0.5, 0.6) is 5.75 Å². The smallest absolute Gasteiger partial charge is 0.387 e. The van der Waals surface area contributed by atoms with E-state index in [0.717, 1.165) is 36.2 Å². The zero-order chi connectivity index (χ0) is 17.8. The van der Waals surface area contributed by atoms with E-state index in [9.17, 15) is 13.2 Å². The summed E-state index contributed by atoms with van der Waals surface area (Å²) in [7, 11) is 0. The Morgan fingerprint density at radius 2 is 1.56 bits per heavy atom. The summed E-state index contributed by atoms with van der Waals surface area (Å²) in [6.07, 6.45) is 11.4. The molecular formula is C21H29F3O. The van der Waals surface area contributed by atoms with Crippen LogP contribution in [0.15, 0.2) is 18.2 Å². The van der Waals surface area contributed by atoms with Crippen LogP contribution in [0.4, 0.5) is 13.2 Å². The van der Waals surface area contributed by atoms with Gasteiger partial charge in [0.1, 0.15) is 0 Å². The summed E-state index contributed by atoms with van der Waals surface area (Å²) >= 11 is 0. The molecule has 0 radical (unpaired) electrons. The van der Waals surface area contributed by atoms with E-state index in [4.69, 9.17) is 0 Å². The summed E-state index contributed by atoms with van der Waals surface area (Å²) in [5.74, 6) is 1.93. The Bertz CT molecular complexity index is 544. The summed E-state index contributed by atoms with van der Waals surface area (Å²) in [6.45, 7) is -0.689. The highest BCUT2D eigenvalue weighted by Crippen LogP contribution is 2.44. The van der Waals surface area contributed by atoms with E-state index in [2.05, 4.69) is 11.7 Å². The van der Waals surface area contributed by atoms with E-state index >= 15 is 0 Å². The van der Waals surface area contributed by atoms with Crippen molar-refractivity contribution >= 4 is 0 Å². The number of ether oxygens (including phenoxy) is 1. The quantitative estimate of drug-likeness (QED) is 0.558. The van der Waals surface area contributed by atoms with Crippen LogP contribution in [0.2, 0.25) is 0 Å². The summed E-state index contributed by atoms with van der Waals surface area (Å²) < 4.78 is 42.6. The number of hydrogen-bond donors (Lipinski definition) is 0. The van der Waals surface area contributed by atoms with Crippen molar-refractivity contribution < 1.29 is 17.9 Å². The second-order valence-electron chi connectivity index (χ2n) is 7.87. The van der Waals surface area contributed by atoms with Crippen LogP contribution in [0.25, 0.3) is 0 Å². The van der Waals surface area contributed by atoms with Crippen LogP contribution >= 0.6 is 0 Å². The topological polar surface area (TPSA) is 9.23 Å². The predicted octanol–water partition coefficient (Wildman–Crippen LogP) is 6.92. The highest BCUT2D eigenvalue weighted by atomic mass is 19.3. The molecule has 0 unspecified atom stereocenters. The monoisotopic (exact) mass is 354 g/mol. The molecular weight excluding hydrogens is 325 g/mol. The van der Waals surface area contributed by atoms with Crippen molar-refractivity contribution in [3.8, 4) is 5.75 Å². The molecule has 3 rings (SSSR count). The molecule has 0 bridgehead atoms. The van der Waals surface area contributed by atoms with Gasteiger partial charge in [0, 0.05) is 0 Å². The van der Waals surface area contributed by atoms with Crippen LogP contribution in [0.1, 0.15) is 76.2 Å². The lowest BCUT2D eigenvalue weighted by Gasteiger charge is -2.38. The van der Waals surface area contributed by atoms with Crippen LogP contribution in [0.3, 0.4) is 0 Å². The molecule has 1 aromatic rings. The second-order valence-corrected chi connectivity index (χ2v) is 7.87. The number of alkyl halides is 2. The predicted molar refractivity (Wildman–Crippen MR) is 93.5 cm³/mol. The lowest BCUT2D eigenvalue weighted by Crippen LogP contribution is -2.25. The van der Waals surface area contributed by atoms with Crippen molar-refractivity contribution in [2.45, 2.75) is 77.2 Å². The molecule has 0 saturated heterocycles. The van der Waals surface area contributed by atoms with Gasteiger partial charge in [-0.3, -0.25) is 0 Å². The van der Waals surface area contributed by atoms with Crippen molar-refractivity contribution in [3.63, 3.8) is 0 Å². The Hall–Kier alpha value is -1.19. The lowest BCUT2D eigenvalue weighted by molar-refractivity contribution is -0.0522. The fourth-order valence-corrected chi connectivity index (χ4v) is 4.95. The molecule has 25 heavy (non-hydrogen) atoms. The maximum atomic E-state index is 13.9. The molecule has 2 aliphatic rings. The molecule has 0 aromatic heterocycles. The average Bonchev–Trinajstić information content (AvgIpc) is 2.63. The minimum atomic E-state index is -2.99. The van der Waals surface area contributed by atoms with Crippen LogP contribution < -0.4 is 4.74 Å². The van der Waals surface area contributed by atoms with Gasteiger partial charge in [-0.1, -0.05) is 32.3 Å². The molecule has 4 heteroatoms. The first kappa shape index (κ1) is 18.6. The molecule has 2 aliphatic carbocycles. The lowest BCUT2D eigenvalue weighted by atomic mass is 9.68. The van der Waals surface area contributed by atoms with Gasteiger partial charge in [0.05, 0.1) is 0 Å². The molecule has 0 amide bonds. The van der Waals surface area contributed by atoms with Gasteiger partial charge in [-0.25, -0.2) is 4.39 Å². The van der Waals surface area contributed by atoms with Crippen molar-refractivity contribution in [1.82, 2.24) is 0 Å². The Kier molecular flexibility index (Phi) is 6.29. The molecule has 1 nitrogen and oxygen atoms in total. The van der Waals surface area contributed by atoms with Crippen LogP contribution in [0, 0.1) is 23.6 Å². The molecule has 2 saturated carbocycles. The van der Waals surface area contributed by atoms with Crippen molar-refractivity contribution in [2.24, 2.45) is 17.8 Å². The van der Waals surface area contributed by atoms with Gasteiger partial charge >= 0.3 is 6.61 Å². The third-order valence-corrected chi connectivity index (χ3v) is 6.55. The highest BCUT2D eigenvalue weighted by Gasteiger charge is 2.31. The second kappa shape index (κ2) is 8.46. The zero-order valence-corrected chi connectivity index (χ0v) is 15.0. The van der Waals surface area contributed by atoms with Crippen molar-refractivity contribution in [2.75, 3.05) is 0 Å². The van der Waals surface area contributed by atoms with Crippen LogP contribution in [-0.2, 0) is 0 Å². The first-order valence-corrected chi connectivity index (χ1v) is 9.81. The first-order valence-electron chi connectivity index (χ1n) is 9.81. The Morgan fingerprint density at radius 3 is 2.08 bits per heavy atom. The highest BCUT2D eigenvalue weighted by molar-refractivity contribution is 5.31. The van der Waals surface area contributed by atoms with Crippen LogP contribution in [-0.4, -0.2) is 6.61 Å². The number of rotatable bonds is 5. The molecule has 0 aliphatic heterocycles. The average molecular weight is 354 g/mol. The maximum Gasteiger partial charge on any atom is 0.387 e. The Balaban J connectivity index is 1.53. The minimum Gasteiger partial charge on any atom is -0.432 e. The molecule has 0 spiro atoms. The van der Waals surface area contributed by atoms with E-state index in [-0.39, 0.29) is 5.75 Å². The standard InChI is InChI=1S/C21H29F3O/c1-2-14-3-5-15(6-4-14)16-7-9-17(10-8-16)18-11-12-20(19(22)13-18)25-21(23)24/h11-17,21H,2-10H2,1H3/t14-,15-,16-,17-. The zero-order valence-electron chi connectivity index (χ0n) is 15.0. The van der Waals surface area contributed by atoms with E-state index in [0.29, 0.717) is 5.92 Å². The molecule has 0 N–H and O–H groups in total. The fraction of sp³-hybridized carbons (Fsp3) is 0.714. The van der Waals surface area contributed by atoms with Gasteiger partial charge in [-0.05, 0) is 79.9 Å². The van der Waals surface area contributed by atoms with Gasteiger partial charge in [0.25, 0.3) is 0 Å². The summed E-state index contributed by atoms with van der Waals surface area (Å²) in [4.78, 5) is 0. The third kappa shape index (κ3) is 4.71. The van der Waals surface area contributed by atoms with E-state index in [1.54, 1.807) is 6.07 Å². The van der Waals surface area contributed by atoms with E-state index in [1.807, 2.05) is 0 Å². The summed E-state index contributed by atoms with van der Waals surface area (Å²) in [5.41, 5.74) is 0.923. The van der Waals surface area contributed by atoms with Gasteiger partial charge in [-0.2, -0.15) is 8.78 Å². The van der Waals surface area contributed by atoms with Gasteiger partial charge in [0.2, 0.25) is 0 Å². The SMILES string of the molecule is CC[C@H]1CC[C@H]([C@H]2CC[C@H](c3ccc(OC(F)F)c(F)c3)CC2)CC1. The summed E-state index contributed by atoms with van der Waals surface area (Å²) in [6, 6.07) is 4.47. The largest absolute Gasteiger partial charge is 0.432 e. The Labute approximate surface area is 149 Å². The van der Waals surface area contributed by atoms with E-state index < -0.39 is 12.4 Å². The van der Waals surface area contributed by atoms with Crippen molar-refractivity contribution in [1.29, 1.82) is 0 Å². The maximum absolute atomic E-state index is 13.9. The molecule has 2 fully saturated rings. The number of hydrogen-bond acceptors (Lipinski definition) is 1. The minimum absolute atomic E-state index is 0.346. The number of halogens is 3. The first-order chi connectivity index (χ1) is 12.1. The van der Waals surface area contributed by atoms with Gasteiger partial charge in [-0.15, -0.1) is 0 Å². The molecule has 140 valence electrons. The number of benzene rings is 1. The molecule has 0 heterocycles. The van der Waals surface area contributed by atoms with Gasteiger partial charge < -0.3 is 4.74 Å². The van der Waals surface area contributed by atoms with Crippen molar-refractivity contribution in [3.05, 3.63) is 29.6 Å². The molecule has 0 atom stereocenters. The Morgan fingerprint density at radius 1 is 0.960 bits per heavy atom. The fourth-order valence-electron chi connectivity index (χ4n) is 4.95. The van der Waals surface area contributed by atoms with Gasteiger partial charge in [0.15, 0.2) is 11.6 Å². The third-order valence-electron chi connectivity index (χ3n) is 6.55. The molecule has 1 aromatic carbocycles. The summed E-state index contributed by atoms with van der Waals surface area (Å²) in [5, 5.41) is 0. The normalized spacial score (nSPS) is 30.4.